The van der Waals surface area contributed by atoms with Gasteiger partial charge in [-0.05, 0) is 25.4 Å². The van der Waals surface area contributed by atoms with Crippen LogP contribution in [0.2, 0.25) is 0 Å². The maximum absolute atomic E-state index is 5.98. The molecule has 4 heteroatoms. The molecular formula is C10H17N3S. The molecule has 3 nitrogen and oxygen atoms in total. The van der Waals surface area contributed by atoms with E-state index in [1.165, 1.54) is 0 Å². The summed E-state index contributed by atoms with van der Waals surface area (Å²) in [4.78, 5) is 2.12. The standard InChI is InChI=1S/C10H17N3S/c1-12-8-13(10(11)14-2)9-6-4-3-5-7-9/h3-7,10,12H,8,11H2,1-2H3. The van der Waals surface area contributed by atoms with Crippen LogP contribution in [-0.2, 0) is 0 Å². The van der Waals surface area contributed by atoms with Crippen LogP contribution in [0.1, 0.15) is 0 Å². The first-order valence-electron chi connectivity index (χ1n) is 4.54. The van der Waals surface area contributed by atoms with Gasteiger partial charge in [0.25, 0.3) is 0 Å². The second-order valence-electron chi connectivity index (χ2n) is 2.94. The molecule has 0 aliphatic carbocycles. The summed E-state index contributed by atoms with van der Waals surface area (Å²) in [6, 6.07) is 10.2. The highest BCUT2D eigenvalue weighted by Crippen LogP contribution is 2.17. The fourth-order valence-electron chi connectivity index (χ4n) is 1.25. The van der Waals surface area contributed by atoms with Gasteiger partial charge in [-0.15, -0.1) is 11.8 Å². The van der Waals surface area contributed by atoms with E-state index in [2.05, 4.69) is 22.3 Å². The summed E-state index contributed by atoms with van der Waals surface area (Å²) in [6.45, 7) is 0.756. The number of nitrogens with one attached hydrogen (secondary N) is 1. The molecular weight excluding hydrogens is 194 g/mol. The minimum absolute atomic E-state index is 0.00940. The second kappa shape index (κ2) is 5.90. The summed E-state index contributed by atoms with van der Waals surface area (Å²) in [5.41, 5.74) is 7.12. The maximum atomic E-state index is 5.98. The molecule has 0 bridgehead atoms. The number of rotatable bonds is 5. The number of nitrogens with zero attached hydrogens (tertiary/aromatic N) is 1. The molecule has 0 aromatic heterocycles. The molecule has 0 spiro atoms. The molecule has 0 saturated carbocycles. The predicted octanol–water partition coefficient (Wildman–Crippen LogP) is 1.28. The average molecular weight is 211 g/mol. The number of thioether (sulfide) groups is 1. The van der Waals surface area contributed by atoms with Crippen molar-refractivity contribution < 1.29 is 0 Å². The Balaban J connectivity index is 2.77. The Morgan fingerprint density at radius 1 is 1.43 bits per heavy atom. The van der Waals surface area contributed by atoms with Gasteiger partial charge in [0, 0.05) is 5.69 Å². The highest BCUT2D eigenvalue weighted by atomic mass is 32.2. The molecule has 1 atom stereocenters. The zero-order valence-corrected chi connectivity index (χ0v) is 9.42. The van der Waals surface area contributed by atoms with E-state index in [1.54, 1.807) is 11.8 Å². The Labute approximate surface area is 89.7 Å². The van der Waals surface area contributed by atoms with Crippen molar-refractivity contribution in [2.24, 2.45) is 5.73 Å². The molecule has 0 radical (unpaired) electrons. The fraction of sp³-hybridized carbons (Fsp3) is 0.400. The summed E-state index contributed by atoms with van der Waals surface area (Å²) >= 11 is 1.63. The first kappa shape index (κ1) is 11.4. The maximum Gasteiger partial charge on any atom is 0.126 e. The number of benzene rings is 1. The van der Waals surface area contributed by atoms with Crippen LogP contribution >= 0.6 is 11.8 Å². The highest BCUT2D eigenvalue weighted by molar-refractivity contribution is 7.99. The molecule has 0 amide bonds. The smallest absolute Gasteiger partial charge is 0.126 e. The van der Waals surface area contributed by atoms with Gasteiger partial charge in [-0.2, -0.15) is 0 Å². The van der Waals surface area contributed by atoms with Crippen LogP contribution in [0.3, 0.4) is 0 Å². The predicted molar refractivity (Wildman–Crippen MR) is 64.3 cm³/mol. The van der Waals surface area contributed by atoms with Gasteiger partial charge in [-0.1, -0.05) is 18.2 Å². The summed E-state index contributed by atoms with van der Waals surface area (Å²) < 4.78 is 0. The lowest BCUT2D eigenvalue weighted by molar-refractivity contribution is 0.698. The molecule has 14 heavy (non-hydrogen) atoms. The molecule has 78 valence electrons. The third-order valence-electron chi connectivity index (χ3n) is 1.96. The van der Waals surface area contributed by atoms with Gasteiger partial charge in [-0.3, -0.25) is 0 Å². The lowest BCUT2D eigenvalue weighted by Crippen LogP contribution is -2.44. The summed E-state index contributed by atoms with van der Waals surface area (Å²) in [6.07, 6.45) is 2.01. The van der Waals surface area contributed by atoms with Crippen LogP contribution in [0, 0.1) is 0 Å². The summed E-state index contributed by atoms with van der Waals surface area (Å²) in [7, 11) is 1.92. The van der Waals surface area contributed by atoms with E-state index in [0.717, 1.165) is 12.4 Å². The van der Waals surface area contributed by atoms with E-state index in [9.17, 15) is 0 Å². The lowest BCUT2D eigenvalue weighted by atomic mass is 10.3. The zero-order chi connectivity index (χ0) is 10.4. The Hall–Kier alpha value is -0.710. The van der Waals surface area contributed by atoms with E-state index in [1.807, 2.05) is 31.5 Å². The fourth-order valence-corrected chi connectivity index (χ4v) is 1.70. The van der Waals surface area contributed by atoms with Crippen molar-refractivity contribution in [3.63, 3.8) is 0 Å². The van der Waals surface area contributed by atoms with E-state index < -0.39 is 0 Å². The second-order valence-corrected chi connectivity index (χ2v) is 3.90. The van der Waals surface area contributed by atoms with Crippen molar-refractivity contribution >= 4 is 17.4 Å². The van der Waals surface area contributed by atoms with E-state index in [4.69, 9.17) is 5.73 Å². The van der Waals surface area contributed by atoms with Crippen molar-refractivity contribution in [2.45, 2.75) is 5.50 Å². The molecule has 0 saturated heterocycles. The Bertz CT molecular complexity index is 253. The Kier molecular flexibility index (Phi) is 4.79. The van der Waals surface area contributed by atoms with Gasteiger partial charge in [-0.25, -0.2) is 0 Å². The third kappa shape index (κ3) is 2.90. The van der Waals surface area contributed by atoms with Gasteiger partial charge >= 0.3 is 0 Å². The quantitative estimate of drug-likeness (QED) is 0.720. The van der Waals surface area contributed by atoms with Crippen molar-refractivity contribution in [1.29, 1.82) is 0 Å². The van der Waals surface area contributed by atoms with Gasteiger partial charge < -0.3 is 16.0 Å². The molecule has 0 aliphatic rings. The molecule has 3 N–H and O–H groups in total. The van der Waals surface area contributed by atoms with Crippen molar-refractivity contribution in [2.75, 3.05) is 24.9 Å². The van der Waals surface area contributed by atoms with E-state index in [-0.39, 0.29) is 5.50 Å². The molecule has 1 unspecified atom stereocenters. The Morgan fingerprint density at radius 2 is 2.07 bits per heavy atom. The van der Waals surface area contributed by atoms with Crippen LogP contribution in [-0.4, -0.2) is 25.5 Å². The van der Waals surface area contributed by atoms with Gasteiger partial charge in [0.05, 0.1) is 6.67 Å². The minimum Gasteiger partial charge on any atom is -0.334 e. The minimum atomic E-state index is -0.00940. The van der Waals surface area contributed by atoms with Crippen molar-refractivity contribution in [1.82, 2.24) is 5.32 Å². The van der Waals surface area contributed by atoms with E-state index in [0.29, 0.717) is 0 Å². The SMILES string of the molecule is CNCN(c1ccccc1)C(N)SC. The van der Waals surface area contributed by atoms with E-state index >= 15 is 0 Å². The Morgan fingerprint density at radius 3 is 2.57 bits per heavy atom. The molecule has 1 aromatic rings. The zero-order valence-electron chi connectivity index (χ0n) is 8.60. The van der Waals surface area contributed by atoms with Crippen molar-refractivity contribution in [3.8, 4) is 0 Å². The molecule has 1 rings (SSSR count). The third-order valence-corrected chi connectivity index (χ3v) is 2.70. The first-order valence-corrected chi connectivity index (χ1v) is 5.83. The van der Waals surface area contributed by atoms with Gasteiger partial charge in [0.2, 0.25) is 0 Å². The number of hydrogen-bond donors (Lipinski definition) is 2. The van der Waals surface area contributed by atoms with Crippen LogP contribution in [0.15, 0.2) is 30.3 Å². The van der Waals surface area contributed by atoms with Crippen LogP contribution in [0.25, 0.3) is 0 Å². The van der Waals surface area contributed by atoms with Crippen LogP contribution in [0.4, 0.5) is 5.69 Å². The number of para-hydroxylation sites is 1. The van der Waals surface area contributed by atoms with Crippen LogP contribution < -0.4 is 16.0 Å². The number of anilines is 1. The first-order chi connectivity index (χ1) is 6.79. The molecule has 1 aromatic carbocycles. The van der Waals surface area contributed by atoms with Crippen LogP contribution in [0.5, 0.6) is 0 Å². The summed E-state index contributed by atoms with van der Waals surface area (Å²) in [5, 5.41) is 3.11. The van der Waals surface area contributed by atoms with Gasteiger partial charge in [0.15, 0.2) is 0 Å². The normalized spacial score (nSPS) is 12.5. The average Bonchev–Trinajstić information content (AvgIpc) is 2.26. The molecule has 0 aliphatic heterocycles. The lowest BCUT2D eigenvalue weighted by Gasteiger charge is -2.29. The number of nitrogens with two attached hydrogens (primary N) is 1. The number of hydrogen-bond acceptors (Lipinski definition) is 4. The van der Waals surface area contributed by atoms with Gasteiger partial charge in [0.1, 0.15) is 5.50 Å². The topological polar surface area (TPSA) is 41.3 Å². The molecule has 0 heterocycles. The monoisotopic (exact) mass is 211 g/mol. The highest BCUT2D eigenvalue weighted by Gasteiger charge is 2.11. The van der Waals surface area contributed by atoms with Crippen molar-refractivity contribution in [3.05, 3.63) is 30.3 Å². The largest absolute Gasteiger partial charge is 0.334 e. The summed E-state index contributed by atoms with van der Waals surface area (Å²) in [5.74, 6) is 0. The molecule has 0 fully saturated rings.